The highest BCUT2D eigenvalue weighted by Crippen LogP contribution is 2.27. The summed E-state index contributed by atoms with van der Waals surface area (Å²) in [5.41, 5.74) is 0.266. The number of carboxylic acids is 1. The molecule has 0 aliphatic rings. The normalized spacial score (nSPS) is 12.6. The number of thiazole rings is 1. The molecule has 2 heterocycles. The maximum Gasteiger partial charge on any atom is 0.352 e. The topological polar surface area (TPSA) is 55.1 Å². The predicted molar refractivity (Wildman–Crippen MR) is 74.4 cm³/mol. The lowest BCUT2D eigenvalue weighted by Gasteiger charge is -2.12. The first-order valence-corrected chi connectivity index (χ1v) is 7.19. The van der Waals surface area contributed by atoms with Crippen LogP contribution in [0, 0.1) is 0 Å². The number of aromatic carboxylic acids is 1. The van der Waals surface area contributed by atoms with Crippen molar-refractivity contribution in [2.75, 3.05) is 0 Å². The third-order valence-electron chi connectivity index (χ3n) is 2.73. The second-order valence-corrected chi connectivity index (χ2v) is 6.01. The number of carboxylic acid groups (broad SMARTS) is 1. The van der Waals surface area contributed by atoms with Gasteiger partial charge in [-0.05, 0) is 35.3 Å². The number of nitrogens with zero attached hydrogens (tertiary/aromatic N) is 2. The summed E-state index contributed by atoms with van der Waals surface area (Å²) < 4.78 is 2.49. The van der Waals surface area contributed by atoms with Crippen LogP contribution in [0.15, 0.2) is 22.9 Å². The first-order chi connectivity index (χ1) is 8.52. The average molecular weight is 329 g/mol. The molecule has 0 fully saturated rings. The Hall–Kier alpha value is -1.14. The molecule has 18 heavy (non-hydrogen) atoms. The molecule has 1 unspecified atom stereocenters. The van der Waals surface area contributed by atoms with Gasteiger partial charge < -0.3 is 9.67 Å². The van der Waals surface area contributed by atoms with E-state index >= 15 is 0 Å². The highest BCUT2D eigenvalue weighted by atomic mass is 79.9. The summed E-state index contributed by atoms with van der Waals surface area (Å²) in [4.78, 5) is 16.7. The number of halogens is 1. The fourth-order valence-electron chi connectivity index (χ4n) is 1.74. The van der Waals surface area contributed by atoms with Crippen molar-refractivity contribution < 1.29 is 9.90 Å². The fraction of sp³-hybridized carbons (Fsp3) is 0.333. The van der Waals surface area contributed by atoms with E-state index < -0.39 is 5.97 Å². The second kappa shape index (κ2) is 5.24. The van der Waals surface area contributed by atoms with Gasteiger partial charge in [-0.3, -0.25) is 0 Å². The van der Waals surface area contributed by atoms with Crippen molar-refractivity contribution in [3.05, 3.63) is 38.5 Å². The van der Waals surface area contributed by atoms with Crippen LogP contribution in [0.25, 0.3) is 0 Å². The molecule has 0 amide bonds. The van der Waals surface area contributed by atoms with Gasteiger partial charge >= 0.3 is 5.97 Å². The van der Waals surface area contributed by atoms with E-state index in [2.05, 4.69) is 27.8 Å². The van der Waals surface area contributed by atoms with Crippen molar-refractivity contribution in [1.82, 2.24) is 9.55 Å². The zero-order valence-corrected chi connectivity index (χ0v) is 12.5. The summed E-state index contributed by atoms with van der Waals surface area (Å²) in [5, 5.41) is 10.1. The lowest BCUT2D eigenvalue weighted by Crippen LogP contribution is -2.12. The van der Waals surface area contributed by atoms with Crippen LogP contribution in [0.2, 0.25) is 0 Å². The van der Waals surface area contributed by atoms with E-state index in [0.717, 1.165) is 15.9 Å². The summed E-state index contributed by atoms with van der Waals surface area (Å²) in [6.07, 6.45) is 4.59. The smallest absolute Gasteiger partial charge is 0.352 e. The minimum Gasteiger partial charge on any atom is -0.477 e. The van der Waals surface area contributed by atoms with Gasteiger partial charge in [0.2, 0.25) is 0 Å². The number of aryl methyl sites for hydroxylation is 1. The molecule has 96 valence electrons. The molecule has 0 saturated carbocycles. The van der Waals surface area contributed by atoms with Gasteiger partial charge in [0.05, 0.1) is 6.04 Å². The lowest BCUT2D eigenvalue weighted by atomic mass is 10.3. The lowest BCUT2D eigenvalue weighted by molar-refractivity contribution is 0.0684. The third-order valence-corrected chi connectivity index (χ3v) is 4.47. The molecule has 2 aromatic rings. The van der Waals surface area contributed by atoms with E-state index in [0.29, 0.717) is 0 Å². The van der Waals surface area contributed by atoms with Crippen molar-refractivity contribution in [3.8, 4) is 0 Å². The molecule has 0 aliphatic carbocycles. The van der Waals surface area contributed by atoms with E-state index in [9.17, 15) is 4.79 Å². The van der Waals surface area contributed by atoms with Gasteiger partial charge in [-0.15, -0.1) is 11.3 Å². The van der Waals surface area contributed by atoms with Crippen molar-refractivity contribution in [3.63, 3.8) is 0 Å². The van der Waals surface area contributed by atoms with E-state index in [1.165, 1.54) is 4.88 Å². The van der Waals surface area contributed by atoms with Crippen LogP contribution < -0.4 is 0 Å². The van der Waals surface area contributed by atoms with Gasteiger partial charge in [-0.25, -0.2) is 9.78 Å². The summed E-state index contributed by atoms with van der Waals surface area (Å²) >= 11 is 4.94. The Balaban J connectivity index is 2.38. The molecule has 1 atom stereocenters. The summed E-state index contributed by atoms with van der Waals surface area (Å²) in [5.74, 6) is -0.931. The third kappa shape index (κ3) is 2.49. The van der Waals surface area contributed by atoms with Gasteiger partial charge in [0.15, 0.2) is 0 Å². The van der Waals surface area contributed by atoms with E-state index in [4.69, 9.17) is 5.11 Å². The van der Waals surface area contributed by atoms with Crippen molar-refractivity contribution in [2.45, 2.75) is 26.3 Å². The molecule has 2 aromatic heterocycles. The molecular weight excluding hydrogens is 316 g/mol. The van der Waals surface area contributed by atoms with E-state index in [-0.39, 0.29) is 11.7 Å². The Kier molecular flexibility index (Phi) is 3.87. The molecular formula is C12H13BrN2O2S. The van der Waals surface area contributed by atoms with Crippen LogP contribution in [0.1, 0.15) is 40.3 Å². The number of hydrogen-bond acceptors (Lipinski definition) is 3. The molecule has 1 N–H and O–H groups in total. The van der Waals surface area contributed by atoms with Crippen LogP contribution in [0.5, 0.6) is 0 Å². The molecule has 0 aromatic carbocycles. The Labute approximate surface area is 117 Å². The van der Waals surface area contributed by atoms with Gasteiger partial charge in [0, 0.05) is 21.7 Å². The van der Waals surface area contributed by atoms with Crippen LogP contribution in [0.4, 0.5) is 0 Å². The Bertz CT molecular complexity index is 576. The molecule has 4 nitrogen and oxygen atoms in total. The molecule has 0 aliphatic heterocycles. The number of aromatic nitrogens is 2. The van der Waals surface area contributed by atoms with Crippen molar-refractivity contribution >= 4 is 33.2 Å². The SMILES string of the molecule is CCc1cnc(C(C)n2cc(Br)cc2C(=O)O)s1. The molecule has 0 saturated heterocycles. The van der Waals surface area contributed by atoms with Crippen LogP contribution in [-0.2, 0) is 6.42 Å². The first-order valence-electron chi connectivity index (χ1n) is 5.58. The molecule has 0 bridgehead atoms. The van der Waals surface area contributed by atoms with Crippen LogP contribution >= 0.6 is 27.3 Å². The number of hydrogen-bond donors (Lipinski definition) is 1. The average Bonchev–Trinajstić information content (AvgIpc) is 2.94. The minimum atomic E-state index is -0.931. The molecule has 0 spiro atoms. The van der Waals surface area contributed by atoms with Gasteiger partial charge in [0.1, 0.15) is 10.7 Å². The van der Waals surface area contributed by atoms with Crippen molar-refractivity contribution in [1.29, 1.82) is 0 Å². The monoisotopic (exact) mass is 328 g/mol. The Morgan fingerprint density at radius 3 is 2.94 bits per heavy atom. The zero-order valence-electron chi connectivity index (χ0n) is 10.1. The quantitative estimate of drug-likeness (QED) is 0.933. The Morgan fingerprint density at radius 2 is 2.39 bits per heavy atom. The maximum atomic E-state index is 11.2. The molecule has 6 heteroatoms. The van der Waals surface area contributed by atoms with E-state index in [1.807, 2.05) is 13.1 Å². The standard InChI is InChI=1S/C12H13BrN2O2S/c1-3-9-5-14-11(18-9)7(2)15-6-8(13)4-10(15)12(16)17/h4-7H,3H2,1-2H3,(H,16,17). The van der Waals surface area contributed by atoms with Gasteiger partial charge in [0.25, 0.3) is 0 Å². The van der Waals surface area contributed by atoms with Crippen molar-refractivity contribution in [2.24, 2.45) is 0 Å². The summed E-state index contributed by atoms with van der Waals surface area (Å²) in [7, 11) is 0. The maximum absolute atomic E-state index is 11.2. The number of carbonyl (C=O) groups is 1. The Morgan fingerprint density at radius 1 is 1.67 bits per heavy atom. The zero-order chi connectivity index (χ0) is 13.3. The highest BCUT2D eigenvalue weighted by Gasteiger charge is 2.19. The van der Waals surface area contributed by atoms with Crippen LogP contribution in [0.3, 0.4) is 0 Å². The summed E-state index contributed by atoms with van der Waals surface area (Å²) in [6, 6.07) is 1.53. The molecule has 2 rings (SSSR count). The van der Waals surface area contributed by atoms with E-state index in [1.54, 1.807) is 28.2 Å². The number of rotatable bonds is 4. The predicted octanol–water partition coefficient (Wildman–Crippen LogP) is 3.58. The highest BCUT2D eigenvalue weighted by molar-refractivity contribution is 9.10. The molecule has 0 radical (unpaired) electrons. The van der Waals surface area contributed by atoms with Gasteiger partial charge in [-0.1, -0.05) is 6.92 Å². The fourth-order valence-corrected chi connectivity index (χ4v) is 3.08. The van der Waals surface area contributed by atoms with Gasteiger partial charge in [-0.2, -0.15) is 0 Å². The summed E-state index contributed by atoms with van der Waals surface area (Å²) in [6.45, 7) is 4.04. The first kappa shape index (κ1) is 13.3. The minimum absolute atomic E-state index is 0.0762. The largest absolute Gasteiger partial charge is 0.477 e. The second-order valence-electron chi connectivity index (χ2n) is 3.95. The van der Waals surface area contributed by atoms with Crippen LogP contribution in [-0.4, -0.2) is 20.6 Å².